The van der Waals surface area contributed by atoms with Gasteiger partial charge >= 0.3 is 0 Å². The summed E-state index contributed by atoms with van der Waals surface area (Å²) in [5.74, 6) is 5.05. The van der Waals surface area contributed by atoms with E-state index in [0.717, 1.165) is 0 Å². The normalized spacial score (nSPS) is 10.1. The van der Waals surface area contributed by atoms with Gasteiger partial charge in [0.1, 0.15) is 0 Å². The van der Waals surface area contributed by atoms with E-state index in [1.807, 2.05) is 0 Å². The van der Waals surface area contributed by atoms with Crippen molar-refractivity contribution < 1.29 is 9.13 Å². The molecule has 88 valence electrons. The molecule has 1 aromatic carbocycles. The zero-order chi connectivity index (χ0) is 12.3. The number of anilines is 1. The van der Waals surface area contributed by atoms with Crippen molar-refractivity contribution in [2.45, 2.75) is 0 Å². The Kier molecular flexibility index (Phi) is 3.20. The highest BCUT2D eigenvalue weighted by molar-refractivity contribution is 5.66. The molecule has 1 heterocycles. The maximum Gasteiger partial charge on any atom is 0.174 e. The Labute approximate surface area is 98.2 Å². The van der Waals surface area contributed by atoms with Crippen molar-refractivity contribution in [3.63, 3.8) is 0 Å². The quantitative estimate of drug-likeness (QED) is 0.630. The second kappa shape index (κ2) is 4.80. The van der Waals surface area contributed by atoms with Gasteiger partial charge in [0.05, 0.1) is 18.5 Å². The topological polar surface area (TPSA) is 60.2 Å². The van der Waals surface area contributed by atoms with Gasteiger partial charge in [0.25, 0.3) is 0 Å². The third-order valence-corrected chi connectivity index (χ3v) is 2.39. The molecule has 2 aromatic rings. The zero-order valence-corrected chi connectivity index (χ0v) is 9.27. The van der Waals surface area contributed by atoms with E-state index in [9.17, 15) is 4.39 Å². The Morgan fingerprint density at radius 3 is 2.88 bits per heavy atom. The lowest BCUT2D eigenvalue weighted by Crippen LogP contribution is -2.06. The summed E-state index contributed by atoms with van der Waals surface area (Å²) in [4.78, 5) is 4.10. The number of nitrogens with one attached hydrogen (secondary N) is 1. The second-order valence-electron chi connectivity index (χ2n) is 3.40. The molecule has 0 atom stereocenters. The highest BCUT2D eigenvalue weighted by Gasteiger charge is 2.11. The van der Waals surface area contributed by atoms with Crippen LogP contribution in [0.25, 0.3) is 11.3 Å². The molecule has 0 saturated heterocycles. The van der Waals surface area contributed by atoms with E-state index in [1.54, 1.807) is 36.5 Å². The molecular formula is C12H12FN3O. The number of benzene rings is 1. The van der Waals surface area contributed by atoms with Crippen molar-refractivity contribution in [1.29, 1.82) is 0 Å². The van der Waals surface area contributed by atoms with Crippen LogP contribution in [0.5, 0.6) is 5.75 Å². The number of nitrogens with two attached hydrogens (primary N) is 1. The molecule has 0 bridgehead atoms. The fourth-order valence-electron chi connectivity index (χ4n) is 1.53. The summed E-state index contributed by atoms with van der Waals surface area (Å²) in [6, 6.07) is 8.27. The lowest BCUT2D eigenvalue weighted by atomic mass is 10.1. The van der Waals surface area contributed by atoms with Gasteiger partial charge in [-0.3, -0.25) is 10.8 Å². The largest absolute Gasteiger partial charge is 0.494 e. The summed E-state index contributed by atoms with van der Waals surface area (Å²) in [5.41, 5.74) is 4.03. The Morgan fingerprint density at radius 2 is 2.18 bits per heavy atom. The maximum absolute atomic E-state index is 14.0. The van der Waals surface area contributed by atoms with Gasteiger partial charge in [0.15, 0.2) is 11.6 Å². The van der Waals surface area contributed by atoms with Gasteiger partial charge in [-0.1, -0.05) is 6.07 Å². The van der Waals surface area contributed by atoms with Crippen molar-refractivity contribution in [2.75, 3.05) is 12.5 Å². The third-order valence-electron chi connectivity index (χ3n) is 2.39. The Bertz CT molecular complexity index is 531. The van der Waals surface area contributed by atoms with E-state index in [0.29, 0.717) is 16.9 Å². The summed E-state index contributed by atoms with van der Waals surface area (Å²) in [5, 5.41) is 0. The lowest BCUT2D eigenvalue weighted by molar-refractivity contribution is 0.387. The van der Waals surface area contributed by atoms with Crippen molar-refractivity contribution in [2.24, 2.45) is 5.84 Å². The second-order valence-corrected chi connectivity index (χ2v) is 3.40. The summed E-state index contributed by atoms with van der Waals surface area (Å²) < 4.78 is 18.9. The van der Waals surface area contributed by atoms with E-state index < -0.39 is 5.82 Å². The number of hydrogen-bond acceptors (Lipinski definition) is 4. The van der Waals surface area contributed by atoms with Crippen LogP contribution in [0.3, 0.4) is 0 Å². The van der Waals surface area contributed by atoms with Crippen LogP contribution in [0, 0.1) is 5.82 Å². The highest BCUT2D eigenvalue weighted by atomic mass is 19.1. The molecule has 0 spiro atoms. The maximum atomic E-state index is 14.0. The van der Waals surface area contributed by atoms with Crippen LogP contribution in [0.15, 0.2) is 36.5 Å². The number of aromatic nitrogens is 1. The first-order valence-electron chi connectivity index (χ1n) is 5.02. The molecule has 5 heteroatoms. The van der Waals surface area contributed by atoms with Crippen molar-refractivity contribution in [1.82, 2.24) is 4.98 Å². The lowest BCUT2D eigenvalue weighted by Gasteiger charge is -2.08. The minimum absolute atomic E-state index is 0.190. The number of methoxy groups -OCH3 is 1. The van der Waals surface area contributed by atoms with Gasteiger partial charge in [-0.05, 0) is 24.3 Å². The molecule has 0 aliphatic heterocycles. The molecule has 0 aliphatic carbocycles. The minimum Gasteiger partial charge on any atom is -0.494 e. The summed E-state index contributed by atoms with van der Waals surface area (Å²) in [6.45, 7) is 0. The number of hydrazine groups is 1. The number of nitrogens with zero attached hydrogens (tertiary/aromatic N) is 1. The molecule has 0 unspecified atom stereocenters. The SMILES string of the molecule is COc1cccc(-c2cc(NN)ccn2)c1F. The van der Waals surface area contributed by atoms with E-state index in [2.05, 4.69) is 10.4 Å². The van der Waals surface area contributed by atoms with Gasteiger partial charge in [-0.15, -0.1) is 0 Å². The Morgan fingerprint density at radius 1 is 1.35 bits per heavy atom. The molecule has 0 aliphatic rings. The molecule has 4 nitrogen and oxygen atoms in total. The summed E-state index contributed by atoms with van der Waals surface area (Å²) >= 11 is 0. The van der Waals surface area contributed by atoms with Gasteiger partial charge in [0.2, 0.25) is 0 Å². The molecule has 0 saturated carbocycles. The van der Waals surface area contributed by atoms with Crippen LogP contribution in [0.4, 0.5) is 10.1 Å². The average Bonchev–Trinajstić information content (AvgIpc) is 2.39. The molecule has 0 fully saturated rings. The van der Waals surface area contributed by atoms with Gasteiger partial charge in [-0.2, -0.15) is 0 Å². The van der Waals surface area contributed by atoms with Crippen molar-refractivity contribution in [3.05, 3.63) is 42.3 Å². The van der Waals surface area contributed by atoms with Crippen molar-refractivity contribution >= 4 is 5.69 Å². The molecular weight excluding hydrogens is 221 g/mol. The molecule has 2 rings (SSSR count). The summed E-state index contributed by atoms with van der Waals surface area (Å²) in [6.07, 6.45) is 1.56. The molecule has 0 radical (unpaired) electrons. The average molecular weight is 233 g/mol. The molecule has 0 amide bonds. The number of nitrogen functional groups attached to an aromatic ring is 1. The first kappa shape index (κ1) is 11.3. The summed E-state index contributed by atoms with van der Waals surface area (Å²) in [7, 11) is 1.42. The molecule has 1 aromatic heterocycles. The predicted octanol–water partition coefficient (Wildman–Crippen LogP) is 2.18. The van der Waals surface area contributed by atoms with Crippen LogP contribution >= 0.6 is 0 Å². The predicted molar refractivity (Wildman–Crippen MR) is 64.0 cm³/mol. The highest BCUT2D eigenvalue weighted by Crippen LogP contribution is 2.28. The Balaban J connectivity index is 2.52. The molecule has 3 N–H and O–H groups in total. The molecule has 17 heavy (non-hydrogen) atoms. The fourth-order valence-corrected chi connectivity index (χ4v) is 1.53. The van der Waals surface area contributed by atoms with E-state index >= 15 is 0 Å². The number of ether oxygens (including phenoxy) is 1. The van der Waals surface area contributed by atoms with Gasteiger partial charge in [0, 0.05) is 11.8 Å². The van der Waals surface area contributed by atoms with Crippen LogP contribution in [0.1, 0.15) is 0 Å². The minimum atomic E-state index is -0.434. The first-order valence-corrected chi connectivity index (χ1v) is 5.02. The van der Waals surface area contributed by atoms with E-state index in [-0.39, 0.29) is 5.75 Å². The van der Waals surface area contributed by atoms with Crippen LogP contribution in [-0.4, -0.2) is 12.1 Å². The number of halogens is 1. The zero-order valence-electron chi connectivity index (χ0n) is 9.27. The standard InChI is InChI=1S/C12H12FN3O/c1-17-11-4-2-3-9(12(11)13)10-7-8(16-14)5-6-15-10/h2-7H,14H2,1H3,(H,15,16). The third kappa shape index (κ3) is 2.19. The van der Waals surface area contributed by atoms with Gasteiger partial charge < -0.3 is 10.2 Å². The van der Waals surface area contributed by atoms with Crippen LogP contribution in [0.2, 0.25) is 0 Å². The van der Waals surface area contributed by atoms with Crippen LogP contribution < -0.4 is 16.0 Å². The van der Waals surface area contributed by atoms with Gasteiger partial charge in [-0.25, -0.2) is 4.39 Å². The Hall–Kier alpha value is -2.14. The smallest absolute Gasteiger partial charge is 0.174 e. The number of pyridine rings is 1. The fraction of sp³-hybridized carbons (Fsp3) is 0.0833. The number of hydrogen-bond donors (Lipinski definition) is 2. The van der Waals surface area contributed by atoms with Crippen molar-refractivity contribution in [3.8, 4) is 17.0 Å². The number of rotatable bonds is 3. The van der Waals surface area contributed by atoms with E-state index in [1.165, 1.54) is 7.11 Å². The first-order chi connectivity index (χ1) is 8.26. The monoisotopic (exact) mass is 233 g/mol. The van der Waals surface area contributed by atoms with Crippen LogP contribution in [-0.2, 0) is 0 Å². The van der Waals surface area contributed by atoms with E-state index in [4.69, 9.17) is 10.6 Å².